The van der Waals surface area contributed by atoms with E-state index in [0.717, 1.165) is 6.42 Å². The number of hydrogen-bond acceptors (Lipinski definition) is 3. The summed E-state index contributed by atoms with van der Waals surface area (Å²) in [6, 6.07) is 0.106. The zero-order valence-electron chi connectivity index (χ0n) is 9.29. The zero-order chi connectivity index (χ0) is 10.5. The predicted octanol–water partition coefficient (Wildman–Crippen LogP) is 1.67. The van der Waals surface area contributed by atoms with Gasteiger partial charge in [0.05, 0.1) is 0 Å². The van der Waals surface area contributed by atoms with Crippen molar-refractivity contribution < 1.29 is 9.53 Å². The number of nitrogens with one attached hydrogen (secondary N) is 1. The summed E-state index contributed by atoms with van der Waals surface area (Å²) in [6.45, 7) is 7.96. The monoisotopic (exact) mass is 224 g/mol. The molecule has 0 aromatic rings. The topological polar surface area (TPSA) is 64.3 Å². The lowest BCUT2D eigenvalue weighted by Crippen LogP contribution is -2.34. The molecule has 0 aliphatic carbocycles. The number of amides is 1. The molecule has 1 atom stereocenters. The predicted molar refractivity (Wildman–Crippen MR) is 59.8 cm³/mol. The Hall–Kier alpha value is -0.480. The number of ether oxygens (including phenoxy) is 1. The number of carbonyl (C=O) groups excluding carboxylic acids is 1. The summed E-state index contributed by atoms with van der Waals surface area (Å²) in [5, 5.41) is 2.63. The fraction of sp³-hybridized carbons (Fsp3) is 0.889. The Morgan fingerprint density at radius 1 is 1.50 bits per heavy atom. The molecular formula is C9H21ClN2O2. The van der Waals surface area contributed by atoms with Gasteiger partial charge in [-0.25, -0.2) is 4.79 Å². The molecule has 0 saturated heterocycles. The van der Waals surface area contributed by atoms with Crippen molar-refractivity contribution in [3.8, 4) is 0 Å². The van der Waals surface area contributed by atoms with Crippen LogP contribution in [0.5, 0.6) is 0 Å². The molecule has 0 unspecified atom stereocenters. The summed E-state index contributed by atoms with van der Waals surface area (Å²) in [7, 11) is 0. The maximum atomic E-state index is 11.1. The highest BCUT2D eigenvalue weighted by Crippen LogP contribution is 2.06. The lowest BCUT2D eigenvalue weighted by atomic mass is 10.2. The zero-order valence-corrected chi connectivity index (χ0v) is 10.1. The van der Waals surface area contributed by atoms with Gasteiger partial charge in [0.25, 0.3) is 0 Å². The summed E-state index contributed by atoms with van der Waals surface area (Å²) in [4.78, 5) is 11.1. The van der Waals surface area contributed by atoms with Gasteiger partial charge in [0.2, 0.25) is 0 Å². The molecule has 3 N–H and O–H groups in total. The largest absolute Gasteiger partial charge is 0.444 e. The fourth-order valence-electron chi connectivity index (χ4n) is 0.716. The molecule has 0 aliphatic heterocycles. The Labute approximate surface area is 92.0 Å². The maximum Gasteiger partial charge on any atom is 0.407 e. The van der Waals surface area contributed by atoms with Crippen LogP contribution in [-0.4, -0.2) is 24.3 Å². The van der Waals surface area contributed by atoms with Crippen LogP contribution < -0.4 is 11.1 Å². The first kappa shape index (κ1) is 16.0. The minimum Gasteiger partial charge on any atom is -0.444 e. The van der Waals surface area contributed by atoms with Gasteiger partial charge in [0.15, 0.2) is 0 Å². The summed E-state index contributed by atoms with van der Waals surface area (Å²) in [5.74, 6) is 0. The lowest BCUT2D eigenvalue weighted by molar-refractivity contribution is 0.0527. The van der Waals surface area contributed by atoms with Crippen LogP contribution in [0.1, 0.15) is 34.1 Å². The molecule has 0 radical (unpaired) electrons. The number of hydrogen-bond donors (Lipinski definition) is 2. The fourth-order valence-corrected chi connectivity index (χ4v) is 0.716. The summed E-state index contributed by atoms with van der Waals surface area (Å²) in [5.41, 5.74) is 5.08. The summed E-state index contributed by atoms with van der Waals surface area (Å²) >= 11 is 0. The van der Waals surface area contributed by atoms with Crippen LogP contribution in [0.3, 0.4) is 0 Å². The van der Waals surface area contributed by atoms with Crippen molar-refractivity contribution in [2.24, 2.45) is 5.73 Å². The van der Waals surface area contributed by atoms with Crippen LogP contribution in [0.4, 0.5) is 4.79 Å². The first-order chi connectivity index (χ1) is 5.81. The Bertz CT molecular complexity index is 167. The SMILES string of the molecule is C[C@H](N)CCNC(=O)OC(C)(C)C.Cl. The van der Waals surface area contributed by atoms with Crippen LogP contribution >= 0.6 is 12.4 Å². The van der Waals surface area contributed by atoms with Crippen LogP contribution in [0.25, 0.3) is 0 Å². The van der Waals surface area contributed by atoms with Gasteiger partial charge in [-0.15, -0.1) is 12.4 Å². The first-order valence-electron chi connectivity index (χ1n) is 4.53. The van der Waals surface area contributed by atoms with Crippen LogP contribution in [0, 0.1) is 0 Å². The third-order valence-corrected chi connectivity index (χ3v) is 1.27. The van der Waals surface area contributed by atoms with Gasteiger partial charge >= 0.3 is 6.09 Å². The van der Waals surface area contributed by atoms with E-state index in [-0.39, 0.29) is 24.5 Å². The Kier molecular flexibility index (Phi) is 7.87. The van der Waals surface area contributed by atoms with Gasteiger partial charge < -0.3 is 15.8 Å². The van der Waals surface area contributed by atoms with Crippen molar-refractivity contribution >= 4 is 18.5 Å². The number of rotatable bonds is 3. The van der Waals surface area contributed by atoms with Gasteiger partial charge in [-0.1, -0.05) is 0 Å². The maximum absolute atomic E-state index is 11.1. The molecule has 86 valence electrons. The van der Waals surface area contributed by atoms with Gasteiger partial charge in [-0.3, -0.25) is 0 Å². The molecule has 0 aliphatic rings. The van der Waals surface area contributed by atoms with Crippen LogP contribution in [0.2, 0.25) is 0 Å². The molecule has 0 saturated carbocycles. The van der Waals surface area contributed by atoms with E-state index in [0.29, 0.717) is 6.54 Å². The molecule has 5 heteroatoms. The number of halogens is 1. The van der Waals surface area contributed by atoms with E-state index in [1.807, 2.05) is 27.7 Å². The average Bonchev–Trinajstić information content (AvgIpc) is 1.81. The summed E-state index contributed by atoms with van der Waals surface area (Å²) in [6.07, 6.45) is 0.382. The first-order valence-corrected chi connectivity index (χ1v) is 4.53. The molecule has 0 heterocycles. The Morgan fingerprint density at radius 3 is 2.36 bits per heavy atom. The van der Waals surface area contributed by atoms with E-state index < -0.39 is 5.60 Å². The molecule has 0 rings (SSSR count). The van der Waals surface area contributed by atoms with Crippen molar-refractivity contribution in [2.75, 3.05) is 6.54 Å². The second-order valence-corrected chi connectivity index (χ2v) is 4.19. The van der Waals surface area contributed by atoms with E-state index in [2.05, 4.69) is 5.32 Å². The highest BCUT2D eigenvalue weighted by Gasteiger charge is 2.15. The van der Waals surface area contributed by atoms with Gasteiger partial charge in [-0.05, 0) is 34.1 Å². The van der Waals surface area contributed by atoms with E-state index in [4.69, 9.17) is 10.5 Å². The number of carbonyl (C=O) groups is 1. The highest BCUT2D eigenvalue weighted by molar-refractivity contribution is 5.85. The molecular weight excluding hydrogens is 204 g/mol. The molecule has 0 aromatic carbocycles. The van der Waals surface area contributed by atoms with Crippen LogP contribution in [0.15, 0.2) is 0 Å². The Balaban J connectivity index is 0. The molecule has 0 spiro atoms. The quantitative estimate of drug-likeness (QED) is 0.767. The molecule has 1 amide bonds. The van der Waals surface area contributed by atoms with Crippen molar-refractivity contribution in [3.05, 3.63) is 0 Å². The smallest absolute Gasteiger partial charge is 0.407 e. The average molecular weight is 225 g/mol. The minimum absolute atomic E-state index is 0. The van der Waals surface area contributed by atoms with Crippen molar-refractivity contribution in [1.29, 1.82) is 0 Å². The van der Waals surface area contributed by atoms with Crippen molar-refractivity contribution in [2.45, 2.75) is 45.8 Å². The Morgan fingerprint density at radius 2 is 2.00 bits per heavy atom. The van der Waals surface area contributed by atoms with E-state index >= 15 is 0 Å². The van der Waals surface area contributed by atoms with E-state index in [1.54, 1.807) is 0 Å². The van der Waals surface area contributed by atoms with Crippen LogP contribution in [-0.2, 0) is 4.74 Å². The minimum atomic E-state index is -0.432. The number of alkyl carbamates (subject to hydrolysis) is 1. The molecule has 0 aromatic heterocycles. The van der Waals surface area contributed by atoms with Gasteiger partial charge in [0.1, 0.15) is 5.60 Å². The standard InChI is InChI=1S/C9H20N2O2.ClH/c1-7(10)5-6-11-8(12)13-9(2,3)4;/h7H,5-6,10H2,1-4H3,(H,11,12);1H/t7-;/m0./s1. The highest BCUT2D eigenvalue weighted by atomic mass is 35.5. The second kappa shape index (κ2) is 6.90. The third-order valence-electron chi connectivity index (χ3n) is 1.27. The number of nitrogens with two attached hydrogens (primary N) is 1. The molecule has 14 heavy (non-hydrogen) atoms. The van der Waals surface area contributed by atoms with Gasteiger partial charge in [0, 0.05) is 12.6 Å². The van der Waals surface area contributed by atoms with Crippen molar-refractivity contribution in [1.82, 2.24) is 5.32 Å². The second-order valence-electron chi connectivity index (χ2n) is 4.19. The molecule has 4 nitrogen and oxygen atoms in total. The molecule has 0 fully saturated rings. The summed E-state index contributed by atoms with van der Waals surface area (Å²) < 4.78 is 5.03. The normalized spacial score (nSPS) is 12.6. The van der Waals surface area contributed by atoms with Crippen molar-refractivity contribution in [3.63, 3.8) is 0 Å². The lowest BCUT2D eigenvalue weighted by Gasteiger charge is -2.19. The third kappa shape index (κ3) is 11.5. The molecule has 0 bridgehead atoms. The van der Waals surface area contributed by atoms with Gasteiger partial charge in [-0.2, -0.15) is 0 Å². The van der Waals surface area contributed by atoms with E-state index in [1.165, 1.54) is 0 Å². The van der Waals surface area contributed by atoms with E-state index in [9.17, 15) is 4.79 Å².